The van der Waals surface area contributed by atoms with Gasteiger partial charge in [0, 0.05) is 11.8 Å². The Kier molecular flexibility index (Phi) is 9.11. The highest BCUT2D eigenvalue weighted by Gasteiger charge is 2.16. The summed E-state index contributed by atoms with van der Waals surface area (Å²) >= 11 is 0. The van der Waals surface area contributed by atoms with Crippen LogP contribution < -0.4 is 9.47 Å². The molecule has 6 nitrogen and oxygen atoms in total. The van der Waals surface area contributed by atoms with Gasteiger partial charge in [-0.05, 0) is 58.6 Å². The summed E-state index contributed by atoms with van der Waals surface area (Å²) in [5.41, 5.74) is 5.34. The summed E-state index contributed by atoms with van der Waals surface area (Å²) in [5.74, 6) is 2.38. The molecule has 0 bridgehead atoms. The van der Waals surface area contributed by atoms with Gasteiger partial charge < -0.3 is 9.47 Å². The Morgan fingerprint density at radius 3 is 1.93 bits per heavy atom. The van der Waals surface area contributed by atoms with E-state index in [4.69, 9.17) is 14.0 Å². The van der Waals surface area contributed by atoms with Gasteiger partial charge in [-0.1, -0.05) is 31.5 Å². The Bertz CT molecular complexity index is 903. The predicted molar refractivity (Wildman–Crippen MR) is 117 cm³/mol. The second kappa shape index (κ2) is 10.6. The lowest BCUT2D eigenvalue weighted by molar-refractivity contribution is 0.190. The molecule has 0 atom stereocenters. The molecule has 0 aliphatic heterocycles. The molecule has 1 aromatic carbocycles. The second-order valence-corrected chi connectivity index (χ2v) is 8.78. The molecular formula is C22H33NO5S. The Morgan fingerprint density at radius 2 is 1.48 bits per heavy atom. The standard InChI is InChI=1S/C21H29NO2.CH4O3S/c1-8-18(9-2)23-19-12-16(6)22-21(17(19)7)24-20-14(4)10-13(3)11-15(20)5;1-5(2,3)4/h10-12,18H,8-9H2,1-7H3;1H3,(H,2,3,4). The molecule has 0 aliphatic carbocycles. The van der Waals surface area contributed by atoms with Gasteiger partial charge in [0.05, 0.1) is 17.9 Å². The van der Waals surface area contributed by atoms with Crippen LogP contribution in [-0.4, -0.2) is 30.3 Å². The van der Waals surface area contributed by atoms with Gasteiger partial charge in [-0.15, -0.1) is 0 Å². The molecule has 0 aliphatic rings. The third-order valence-corrected chi connectivity index (χ3v) is 4.32. The Morgan fingerprint density at radius 1 is 1.00 bits per heavy atom. The van der Waals surface area contributed by atoms with E-state index in [1.54, 1.807) is 0 Å². The molecule has 0 saturated carbocycles. The van der Waals surface area contributed by atoms with Crippen LogP contribution in [0.15, 0.2) is 18.2 Å². The fourth-order valence-corrected chi connectivity index (χ4v) is 2.96. The van der Waals surface area contributed by atoms with Gasteiger partial charge in [-0.3, -0.25) is 4.55 Å². The van der Waals surface area contributed by atoms with Gasteiger partial charge in [0.2, 0.25) is 5.88 Å². The zero-order chi connectivity index (χ0) is 22.4. The zero-order valence-electron chi connectivity index (χ0n) is 18.7. The summed E-state index contributed by atoms with van der Waals surface area (Å²) in [5, 5.41) is 0. The van der Waals surface area contributed by atoms with E-state index in [0.717, 1.165) is 46.7 Å². The van der Waals surface area contributed by atoms with Gasteiger partial charge in [0.15, 0.2) is 0 Å². The normalized spacial score (nSPS) is 11.1. The van der Waals surface area contributed by atoms with E-state index in [0.29, 0.717) is 12.1 Å². The van der Waals surface area contributed by atoms with Crippen LogP contribution in [0.25, 0.3) is 0 Å². The molecule has 2 aromatic rings. The maximum atomic E-state index is 9.19. The molecule has 7 heteroatoms. The Balaban J connectivity index is 0.000000749. The van der Waals surface area contributed by atoms with Crippen molar-refractivity contribution in [3.8, 4) is 17.4 Å². The highest BCUT2D eigenvalue weighted by Crippen LogP contribution is 2.34. The molecule has 2 rings (SSSR count). The van der Waals surface area contributed by atoms with E-state index >= 15 is 0 Å². The Hall–Kier alpha value is -2.12. The first-order chi connectivity index (χ1) is 13.3. The summed E-state index contributed by atoms with van der Waals surface area (Å²) in [6.45, 7) is 14.5. The molecule has 162 valence electrons. The summed E-state index contributed by atoms with van der Waals surface area (Å²) in [4.78, 5) is 4.59. The van der Waals surface area contributed by atoms with E-state index in [-0.39, 0.29) is 6.10 Å². The molecule has 1 N–H and O–H groups in total. The van der Waals surface area contributed by atoms with Crippen LogP contribution in [0.2, 0.25) is 0 Å². The molecule has 1 aromatic heterocycles. The van der Waals surface area contributed by atoms with Crippen molar-refractivity contribution in [2.45, 2.75) is 67.4 Å². The van der Waals surface area contributed by atoms with Crippen molar-refractivity contribution in [3.63, 3.8) is 0 Å². The minimum atomic E-state index is -3.67. The first-order valence-electron chi connectivity index (χ1n) is 9.68. The quantitative estimate of drug-likeness (QED) is 0.619. The van der Waals surface area contributed by atoms with Crippen LogP contribution in [0.1, 0.15) is 54.6 Å². The van der Waals surface area contributed by atoms with Crippen molar-refractivity contribution >= 4 is 10.1 Å². The SMILES string of the molecule is CCC(CC)Oc1cc(C)nc(Oc2c(C)cc(C)cc2C)c1C.CS(=O)(=O)O. The van der Waals surface area contributed by atoms with Gasteiger partial charge in [-0.25, -0.2) is 4.98 Å². The van der Waals surface area contributed by atoms with Crippen LogP contribution in [0.3, 0.4) is 0 Å². The number of rotatable bonds is 6. The summed E-state index contributed by atoms with van der Waals surface area (Å²) in [6, 6.07) is 6.26. The monoisotopic (exact) mass is 423 g/mol. The van der Waals surface area contributed by atoms with Crippen LogP contribution in [0, 0.1) is 34.6 Å². The molecule has 29 heavy (non-hydrogen) atoms. The lowest BCUT2D eigenvalue weighted by Crippen LogP contribution is -2.15. The van der Waals surface area contributed by atoms with Gasteiger partial charge in [0.1, 0.15) is 11.5 Å². The van der Waals surface area contributed by atoms with Crippen molar-refractivity contribution in [1.29, 1.82) is 0 Å². The largest absolute Gasteiger partial charge is 0.490 e. The number of aromatic nitrogens is 1. The molecule has 0 fully saturated rings. The van der Waals surface area contributed by atoms with Gasteiger partial charge in [0.25, 0.3) is 10.1 Å². The van der Waals surface area contributed by atoms with Crippen molar-refractivity contribution in [2.75, 3.05) is 6.26 Å². The molecule has 0 unspecified atom stereocenters. The molecular weight excluding hydrogens is 390 g/mol. The van der Waals surface area contributed by atoms with Crippen molar-refractivity contribution in [2.24, 2.45) is 0 Å². The second-order valence-electron chi connectivity index (χ2n) is 7.31. The molecule has 0 amide bonds. The average Bonchev–Trinajstić information content (AvgIpc) is 2.57. The number of aryl methyl sites for hydroxylation is 4. The third kappa shape index (κ3) is 8.41. The molecule has 1 heterocycles. The van der Waals surface area contributed by atoms with E-state index in [9.17, 15) is 8.42 Å². The number of ether oxygens (including phenoxy) is 2. The highest BCUT2D eigenvalue weighted by atomic mass is 32.2. The zero-order valence-corrected chi connectivity index (χ0v) is 19.5. The minimum Gasteiger partial charge on any atom is -0.490 e. The van der Waals surface area contributed by atoms with Gasteiger partial charge >= 0.3 is 0 Å². The fraction of sp³-hybridized carbons (Fsp3) is 0.500. The van der Waals surface area contributed by atoms with E-state index in [1.165, 1.54) is 5.56 Å². The highest BCUT2D eigenvalue weighted by molar-refractivity contribution is 7.85. The van der Waals surface area contributed by atoms with Crippen molar-refractivity contribution in [1.82, 2.24) is 4.98 Å². The number of hydrogen-bond donors (Lipinski definition) is 1. The van der Waals surface area contributed by atoms with E-state index in [1.807, 2.05) is 19.9 Å². The van der Waals surface area contributed by atoms with Crippen LogP contribution in [0.4, 0.5) is 0 Å². The first kappa shape index (κ1) is 24.9. The van der Waals surface area contributed by atoms with Gasteiger partial charge in [-0.2, -0.15) is 8.42 Å². The number of hydrogen-bond acceptors (Lipinski definition) is 5. The van der Waals surface area contributed by atoms with Crippen LogP contribution in [0.5, 0.6) is 17.4 Å². The maximum absolute atomic E-state index is 9.19. The van der Waals surface area contributed by atoms with Crippen molar-refractivity contribution < 1.29 is 22.4 Å². The minimum absolute atomic E-state index is 0.223. The molecule has 0 spiro atoms. The maximum Gasteiger partial charge on any atom is 0.261 e. The number of nitrogens with zero attached hydrogens (tertiary/aromatic N) is 1. The summed E-state index contributed by atoms with van der Waals surface area (Å²) in [6.07, 6.45) is 2.92. The molecule has 0 saturated heterocycles. The third-order valence-electron chi connectivity index (χ3n) is 4.32. The fourth-order valence-electron chi connectivity index (χ4n) is 2.96. The molecule has 0 radical (unpaired) electrons. The first-order valence-corrected chi connectivity index (χ1v) is 11.5. The topological polar surface area (TPSA) is 85.7 Å². The number of benzene rings is 1. The van der Waals surface area contributed by atoms with Crippen molar-refractivity contribution in [3.05, 3.63) is 46.1 Å². The van der Waals surface area contributed by atoms with E-state index in [2.05, 4.69) is 51.7 Å². The summed E-state index contributed by atoms with van der Waals surface area (Å²) in [7, 11) is -3.67. The smallest absolute Gasteiger partial charge is 0.261 e. The predicted octanol–water partition coefficient (Wildman–Crippen LogP) is 5.49. The van der Waals surface area contributed by atoms with Crippen LogP contribution in [-0.2, 0) is 10.1 Å². The lowest BCUT2D eigenvalue weighted by Gasteiger charge is -2.20. The van der Waals surface area contributed by atoms with E-state index < -0.39 is 10.1 Å². The number of pyridine rings is 1. The summed E-state index contributed by atoms with van der Waals surface area (Å²) < 4.78 is 38.2. The van der Waals surface area contributed by atoms with Crippen LogP contribution >= 0.6 is 0 Å². The average molecular weight is 424 g/mol. The Labute approximate surface area is 175 Å². The lowest BCUT2D eigenvalue weighted by atomic mass is 10.1.